The normalized spacial score (nSPS) is 20.0. The Morgan fingerprint density at radius 2 is 1.62 bits per heavy atom. The zero-order valence-electron chi connectivity index (χ0n) is 14.2. The first kappa shape index (κ1) is 16.5. The summed E-state index contributed by atoms with van der Waals surface area (Å²) in [6.45, 7) is 6.92. The van der Waals surface area contributed by atoms with Crippen LogP contribution >= 0.6 is 0 Å². The zero-order chi connectivity index (χ0) is 15.1. The summed E-state index contributed by atoms with van der Waals surface area (Å²) in [4.78, 5) is 0. The quantitative estimate of drug-likeness (QED) is 0.667. The minimum Gasteiger partial charge on any atom is -0.307 e. The predicted molar refractivity (Wildman–Crippen MR) is 92.6 cm³/mol. The van der Waals surface area contributed by atoms with Crippen LogP contribution in [0.4, 0.5) is 0 Å². The second-order valence-corrected chi connectivity index (χ2v) is 6.76. The Morgan fingerprint density at radius 1 is 1.00 bits per heavy atom. The van der Waals surface area contributed by atoms with E-state index >= 15 is 0 Å². The van der Waals surface area contributed by atoms with Crippen molar-refractivity contribution in [1.29, 1.82) is 0 Å². The lowest BCUT2D eigenvalue weighted by molar-refractivity contribution is 0.306. The molecule has 0 aromatic heterocycles. The second-order valence-electron chi connectivity index (χ2n) is 6.76. The van der Waals surface area contributed by atoms with Gasteiger partial charge in [0.15, 0.2) is 0 Å². The van der Waals surface area contributed by atoms with E-state index in [1.54, 1.807) is 0 Å². The first-order valence-corrected chi connectivity index (χ1v) is 9.09. The van der Waals surface area contributed by atoms with Gasteiger partial charge in [0.25, 0.3) is 0 Å². The fourth-order valence-electron chi connectivity index (χ4n) is 3.70. The topological polar surface area (TPSA) is 12.0 Å². The lowest BCUT2D eigenvalue weighted by Crippen LogP contribution is -2.36. The number of benzene rings is 1. The van der Waals surface area contributed by atoms with Gasteiger partial charge in [0, 0.05) is 12.1 Å². The molecule has 0 bridgehead atoms. The van der Waals surface area contributed by atoms with Gasteiger partial charge in [0.1, 0.15) is 0 Å². The van der Waals surface area contributed by atoms with Crippen molar-refractivity contribution in [2.45, 2.75) is 84.2 Å². The Bertz CT molecular complexity index is 387. The molecule has 0 aliphatic heterocycles. The van der Waals surface area contributed by atoms with Crippen LogP contribution in [0.2, 0.25) is 0 Å². The predicted octanol–water partition coefficient (Wildman–Crippen LogP) is 5.65. The maximum Gasteiger partial charge on any atom is 0.0320 e. The summed E-state index contributed by atoms with van der Waals surface area (Å²) in [7, 11) is 0. The summed E-state index contributed by atoms with van der Waals surface area (Å²) in [5.41, 5.74) is 2.89. The Balaban J connectivity index is 1.96. The summed E-state index contributed by atoms with van der Waals surface area (Å²) >= 11 is 0. The molecule has 1 fully saturated rings. The molecule has 0 radical (unpaired) electrons. The van der Waals surface area contributed by atoms with Crippen LogP contribution in [0.25, 0.3) is 0 Å². The minimum absolute atomic E-state index is 0.508. The van der Waals surface area contributed by atoms with Crippen molar-refractivity contribution in [3.8, 4) is 0 Å². The molecule has 118 valence electrons. The molecule has 0 saturated heterocycles. The van der Waals surface area contributed by atoms with E-state index in [4.69, 9.17) is 0 Å². The van der Waals surface area contributed by atoms with E-state index in [2.05, 4.69) is 50.4 Å². The van der Waals surface area contributed by atoms with Crippen LogP contribution in [0.15, 0.2) is 24.3 Å². The Kier molecular flexibility index (Phi) is 6.76. The van der Waals surface area contributed by atoms with Crippen molar-refractivity contribution in [3.63, 3.8) is 0 Å². The fraction of sp³-hybridized carbons (Fsp3) is 0.700. The highest BCUT2D eigenvalue weighted by Crippen LogP contribution is 2.27. The molecular weight excluding hydrogens is 254 g/mol. The van der Waals surface area contributed by atoms with Crippen LogP contribution in [0.5, 0.6) is 0 Å². The Hall–Kier alpha value is -0.820. The van der Waals surface area contributed by atoms with E-state index in [0.29, 0.717) is 12.1 Å². The van der Waals surface area contributed by atoms with Gasteiger partial charge in [-0.3, -0.25) is 0 Å². The Labute approximate surface area is 131 Å². The monoisotopic (exact) mass is 287 g/mol. The lowest BCUT2D eigenvalue weighted by atomic mass is 9.91. The molecule has 1 heteroatoms. The maximum atomic E-state index is 3.92. The highest BCUT2D eigenvalue weighted by Gasteiger charge is 2.21. The fourth-order valence-corrected chi connectivity index (χ4v) is 3.70. The maximum absolute atomic E-state index is 3.92. The number of aryl methyl sites for hydroxylation is 1. The van der Waals surface area contributed by atoms with Gasteiger partial charge < -0.3 is 5.32 Å². The molecule has 1 aromatic rings. The first-order valence-electron chi connectivity index (χ1n) is 9.09. The molecule has 1 unspecified atom stereocenters. The zero-order valence-corrected chi connectivity index (χ0v) is 14.2. The lowest BCUT2D eigenvalue weighted by Gasteiger charge is -2.29. The van der Waals surface area contributed by atoms with Gasteiger partial charge >= 0.3 is 0 Å². The van der Waals surface area contributed by atoms with Crippen molar-refractivity contribution in [3.05, 3.63) is 35.4 Å². The number of hydrogen-bond donors (Lipinski definition) is 1. The third kappa shape index (κ3) is 4.85. The summed E-state index contributed by atoms with van der Waals surface area (Å²) in [6.07, 6.45) is 10.9. The van der Waals surface area contributed by atoms with Crippen molar-refractivity contribution < 1.29 is 0 Å². The molecule has 0 heterocycles. The molecule has 1 aliphatic carbocycles. The standard InChI is InChI=1S/C20H33N/c1-4-17-12-14-19(15-13-17)20(5-2)21-16(3)18-10-8-6-7-9-11-18/h12-16,18,20-21H,4-11H2,1-3H3/t16-,20?/m1/s1. The van der Waals surface area contributed by atoms with E-state index < -0.39 is 0 Å². The number of hydrogen-bond acceptors (Lipinski definition) is 1. The molecule has 1 N–H and O–H groups in total. The van der Waals surface area contributed by atoms with Crippen molar-refractivity contribution >= 4 is 0 Å². The van der Waals surface area contributed by atoms with Crippen LogP contribution in [0, 0.1) is 5.92 Å². The van der Waals surface area contributed by atoms with E-state index in [1.165, 1.54) is 56.1 Å². The van der Waals surface area contributed by atoms with Crippen molar-refractivity contribution in [1.82, 2.24) is 5.32 Å². The van der Waals surface area contributed by atoms with Crippen LogP contribution in [-0.2, 0) is 6.42 Å². The van der Waals surface area contributed by atoms with Gasteiger partial charge in [0.05, 0.1) is 0 Å². The molecule has 1 aromatic carbocycles. The molecular formula is C20H33N. The molecule has 1 nitrogen and oxygen atoms in total. The third-order valence-electron chi connectivity index (χ3n) is 5.27. The average molecular weight is 287 g/mol. The van der Waals surface area contributed by atoms with E-state index in [9.17, 15) is 0 Å². The SMILES string of the molecule is CCc1ccc(C(CC)N[C@H](C)C2CCCCCC2)cc1. The molecule has 0 spiro atoms. The van der Waals surface area contributed by atoms with Crippen LogP contribution in [0.1, 0.15) is 82.9 Å². The van der Waals surface area contributed by atoms with E-state index in [-0.39, 0.29) is 0 Å². The van der Waals surface area contributed by atoms with Gasteiger partial charge in [-0.1, -0.05) is 63.8 Å². The van der Waals surface area contributed by atoms with Crippen molar-refractivity contribution in [2.75, 3.05) is 0 Å². The van der Waals surface area contributed by atoms with Gasteiger partial charge in [0.2, 0.25) is 0 Å². The second kappa shape index (κ2) is 8.58. The third-order valence-corrected chi connectivity index (χ3v) is 5.27. The highest BCUT2D eigenvalue weighted by atomic mass is 14.9. The molecule has 2 rings (SSSR count). The number of rotatable bonds is 6. The van der Waals surface area contributed by atoms with Crippen LogP contribution in [0.3, 0.4) is 0 Å². The molecule has 2 atom stereocenters. The van der Waals surface area contributed by atoms with E-state index in [1.807, 2.05) is 0 Å². The smallest absolute Gasteiger partial charge is 0.0320 e. The van der Waals surface area contributed by atoms with Crippen LogP contribution in [-0.4, -0.2) is 6.04 Å². The molecule has 1 saturated carbocycles. The average Bonchev–Trinajstić information content (AvgIpc) is 2.82. The Morgan fingerprint density at radius 3 is 2.14 bits per heavy atom. The summed E-state index contributed by atoms with van der Waals surface area (Å²) < 4.78 is 0. The summed E-state index contributed by atoms with van der Waals surface area (Å²) in [6, 6.07) is 10.4. The van der Waals surface area contributed by atoms with Gasteiger partial charge in [-0.05, 0) is 49.7 Å². The van der Waals surface area contributed by atoms with Crippen molar-refractivity contribution in [2.24, 2.45) is 5.92 Å². The minimum atomic E-state index is 0.508. The largest absolute Gasteiger partial charge is 0.307 e. The molecule has 21 heavy (non-hydrogen) atoms. The van der Waals surface area contributed by atoms with E-state index in [0.717, 1.165) is 12.3 Å². The summed E-state index contributed by atoms with van der Waals surface area (Å²) in [5, 5.41) is 3.92. The van der Waals surface area contributed by atoms with Crippen LogP contribution < -0.4 is 5.32 Å². The number of nitrogens with one attached hydrogen (secondary N) is 1. The molecule has 0 amide bonds. The van der Waals surface area contributed by atoms with Gasteiger partial charge in [-0.2, -0.15) is 0 Å². The molecule has 1 aliphatic rings. The first-order chi connectivity index (χ1) is 10.2. The van der Waals surface area contributed by atoms with Gasteiger partial charge in [-0.15, -0.1) is 0 Å². The summed E-state index contributed by atoms with van der Waals surface area (Å²) in [5.74, 6) is 0.872. The van der Waals surface area contributed by atoms with Gasteiger partial charge in [-0.25, -0.2) is 0 Å². The highest BCUT2D eigenvalue weighted by molar-refractivity contribution is 5.25.